The average Bonchev–Trinajstić information content (AvgIpc) is 2.60. The molecule has 2 N–H and O–H groups in total. The SMILES string of the molecule is CC(C)CNC(=O)C(C)(C)C(=O)Nc1ccccc1N1CCOCC1. The van der Waals surface area contributed by atoms with Crippen molar-refractivity contribution in [2.45, 2.75) is 27.7 Å². The lowest BCUT2D eigenvalue weighted by Gasteiger charge is -2.31. The largest absolute Gasteiger partial charge is 0.378 e. The van der Waals surface area contributed by atoms with Crippen LogP contribution in [0.2, 0.25) is 0 Å². The van der Waals surface area contributed by atoms with E-state index in [0.717, 1.165) is 24.5 Å². The molecule has 0 radical (unpaired) electrons. The second-order valence-corrected chi connectivity index (χ2v) is 7.30. The maximum absolute atomic E-state index is 12.7. The molecule has 0 saturated carbocycles. The third-order valence-electron chi connectivity index (χ3n) is 4.31. The van der Waals surface area contributed by atoms with E-state index >= 15 is 0 Å². The van der Waals surface area contributed by atoms with Crippen LogP contribution in [-0.2, 0) is 14.3 Å². The van der Waals surface area contributed by atoms with E-state index in [2.05, 4.69) is 15.5 Å². The fourth-order valence-corrected chi connectivity index (χ4v) is 2.56. The number of hydrogen-bond acceptors (Lipinski definition) is 4. The van der Waals surface area contributed by atoms with Crippen LogP contribution < -0.4 is 15.5 Å². The molecular weight excluding hydrogens is 318 g/mol. The van der Waals surface area contributed by atoms with Crippen LogP contribution in [0.5, 0.6) is 0 Å². The molecule has 2 amide bonds. The van der Waals surface area contributed by atoms with Gasteiger partial charge in [-0.25, -0.2) is 0 Å². The van der Waals surface area contributed by atoms with Gasteiger partial charge in [0.1, 0.15) is 5.41 Å². The zero-order valence-corrected chi connectivity index (χ0v) is 15.6. The van der Waals surface area contributed by atoms with E-state index in [1.807, 2.05) is 38.1 Å². The average molecular weight is 347 g/mol. The fourth-order valence-electron chi connectivity index (χ4n) is 2.56. The number of carbonyl (C=O) groups is 2. The topological polar surface area (TPSA) is 70.7 Å². The zero-order valence-electron chi connectivity index (χ0n) is 15.6. The Bertz CT molecular complexity index is 608. The fraction of sp³-hybridized carbons (Fsp3) is 0.579. The molecule has 6 heteroatoms. The zero-order chi connectivity index (χ0) is 18.4. The highest BCUT2D eigenvalue weighted by Crippen LogP contribution is 2.28. The van der Waals surface area contributed by atoms with Crippen LogP contribution in [0.3, 0.4) is 0 Å². The van der Waals surface area contributed by atoms with Crippen molar-refractivity contribution in [3.8, 4) is 0 Å². The number of para-hydroxylation sites is 2. The molecule has 1 aromatic carbocycles. The van der Waals surface area contributed by atoms with Crippen LogP contribution in [0.1, 0.15) is 27.7 Å². The number of benzene rings is 1. The summed E-state index contributed by atoms with van der Waals surface area (Å²) in [5.41, 5.74) is 0.532. The van der Waals surface area contributed by atoms with Gasteiger partial charge in [0, 0.05) is 19.6 Å². The van der Waals surface area contributed by atoms with Gasteiger partial charge in [-0.2, -0.15) is 0 Å². The normalized spacial score (nSPS) is 15.2. The third kappa shape index (κ3) is 4.95. The van der Waals surface area contributed by atoms with Gasteiger partial charge in [0.15, 0.2) is 0 Å². The van der Waals surface area contributed by atoms with Gasteiger partial charge in [0.25, 0.3) is 0 Å². The molecule has 1 aromatic rings. The number of amides is 2. The Labute approximate surface area is 149 Å². The Hall–Kier alpha value is -2.08. The van der Waals surface area contributed by atoms with Crippen molar-refractivity contribution in [3.05, 3.63) is 24.3 Å². The summed E-state index contributed by atoms with van der Waals surface area (Å²) in [7, 11) is 0. The molecule has 0 atom stereocenters. The van der Waals surface area contributed by atoms with Crippen molar-refractivity contribution in [1.82, 2.24) is 5.32 Å². The van der Waals surface area contributed by atoms with Gasteiger partial charge in [0.05, 0.1) is 24.6 Å². The van der Waals surface area contributed by atoms with Crippen LogP contribution in [-0.4, -0.2) is 44.7 Å². The first-order valence-electron chi connectivity index (χ1n) is 8.84. The van der Waals surface area contributed by atoms with Crippen LogP contribution in [0.4, 0.5) is 11.4 Å². The number of morpholine rings is 1. The number of hydrogen-bond donors (Lipinski definition) is 2. The quantitative estimate of drug-likeness (QED) is 0.775. The van der Waals surface area contributed by atoms with E-state index in [4.69, 9.17) is 4.74 Å². The molecule has 0 unspecified atom stereocenters. The van der Waals surface area contributed by atoms with Crippen LogP contribution in [0, 0.1) is 11.3 Å². The molecule has 1 aliphatic rings. The Morgan fingerprint density at radius 2 is 1.80 bits per heavy atom. The Kier molecular flexibility index (Phi) is 6.42. The molecule has 6 nitrogen and oxygen atoms in total. The maximum Gasteiger partial charge on any atom is 0.239 e. The first kappa shape index (κ1) is 19.2. The summed E-state index contributed by atoms with van der Waals surface area (Å²) in [6.45, 7) is 10.8. The van der Waals surface area contributed by atoms with E-state index in [1.54, 1.807) is 13.8 Å². The summed E-state index contributed by atoms with van der Waals surface area (Å²) in [5, 5.41) is 5.77. The second kappa shape index (κ2) is 8.34. The summed E-state index contributed by atoms with van der Waals surface area (Å²) in [6.07, 6.45) is 0. The van der Waals surface area contributed by atoms with E-state index in [0.29, 0.717) is 25.7 Å². The van der Waals surface area contributed by atoms with Gasteiger partial charge in [-0.1, -0.05) is 26.0 Å². The predicted octanol–water partition coefficient (Wildman–Crippen LogP) is 2.26. The highest BCUT2D eigenvalue weighted by Gasteiger charge is 2.36. The van der Waals surface area contributed by atoms with Gasteiger partial charge < -0.3 is 20.3 Å². The molecule has 0 aromatic heterocycles. The van der Waals surface area contributed by atoms with Crippen molar-refractivity contribution >= 4 is 23.2 Å². The molecule has 138 valence electrons. The molecule has 2 rings (SSSR count). The molecular formula is C19H29N3O3. The van der Waals surface area contributed by atoms with Crippen molar-refractivity contribution in [2.24, 2.45) is 11.3 Å². The lowest BCUT2D eigenvalue weighted by atomic mass is 9.90. The van der Waals surface area contributed by atoms with E-state index in [9.17, 15) is 9.59 Å². The first-order valence-corrected chi connectivity index (χ1v) is 8.84. The molecule has 0 bridgehead atoms. The second-order valence-electron chi connectivity index (χ2n) is 7.30. The Balaban J connectivity index is 2.10. The summed E-state index contributed by atoms with van der Waals surface area (Å²) in [4.78, 5) is 27.3. The minimum absolute atomic E-state index is 0.262. The Morgan fingerprint density at radius 1 is 1.16 bits per heavy atom. The smallest absolute Gasteiger partial charge is 0.239 e. The van der Waals surface area contributed by atoms with Crippen LogP contribution in [0.15, 0.2) is 24.3 Å². The molecule has 25 heavy (non-hydrogen) atoms. The van der Waals surface area contributed by atoms with Gasteiger partial charge in [-0.15, -0.1) is 0 Å². The first-order chi connectivity index (χ1) is 11.8. The Morgan fingerprint density at radius 3 is 2.44 bits per heavy atom. The molecule has 1 saturated heterocycles. The molecule has 1 aliphatic heterocycles. The highest BCUT2D eigenvalue weighted by atomic mass is 16.5. The minimum Gasteiger partial charge on any atom is -0.378 e. The van der Waals surface area contributed by atoms with Gasteiger partial charge in [0.2, 0.25) is 11.8 Å². The minimum atomic E-state index is -1.15. The van der Waals surface area contributed by atoms with Crippen LogP contribution in [0.25, 0.3) is 0 Å². The lowest BCUT2D eigenvalue weighted by molar-refractivity contribution is -0.138. The van der Waals surface area contributed by atoms with Crippen molar-refractivity contribution in [3.63, 3.8) is 0 Å². The summed E-state index contributed by atoms with van der Waals surface area (Å²) in [6, 6.07) is 7.67. The van der Waals surface area contributed by atoms with Crippen molar-refractivity contribution in [1.29, 1.82) is 0 Å². The van der Waals surface area contributed by atoms with Gasteiger partial charge >= 0.3 is 0 Å². The number of rotatable bonds is 6. The lowest BCUT2D eigenvalue weighted by Crippen LogP contribution is -2.46. The third-order valence-corrected chi connectivity index (χ3v) is 4.31. The summed E-state index contributed by atoms with van der Waals surface area (Å²) in [5.74, 6) is -0.234. The molecule has 1 fully saturated rings. The number of anilines is 2. The maximum atomic E-state index is 12.7. The van der Waals surface area contributed by atoms with Crippen molar-refractivity contribution < 1.29 is 14.3 Å². The summed E-state index contributed by atoms with van der Waals surface area (Å²) >= 11 is 0. The number of ether oxygens (including phenoxy) is 1. The monoisotopic (exact) mass is 347 g/mol. The van der Waals surface area contributed by atoms with Gasteiger partial charge in [-0.05, 0) is 31.9 Å². The molecule has 0 spiro atoms. The van der Waals surface area contributed by atoms with E-state index in [-0.39, 0.29) is 11.8 Å². The van der Waals surface area contributed by atoms with E-state index in [1.165, 1.54) is 0 Å². The molecule has 0 aliphatic carbocycles. The van der Waals surface area contributed by atoms with E-state index < -0.39 is 5.41 Å². The number of nitrogens with one attached hydrogen (secondary N) is 2. The number of carbonyl (C=O) groups excluding carboxylic acids is 2. The van der Waals surface area contributed by atoms with Crippen molar-refractivity contribution in [2.75, 3.05) is 43.1 Å². The standard InChI is InChI=1S/C19H29N3O3/c1-14(2)13-20-17(23)19(3,4)18(24)21-15-7-5-6-8-16(15)22-9-11-25-12-10-22/h5-8,14H,9-13H2,1-4H3,(H,20,23)(H,21,24). The van der Waals surface area contributed by atoms with Gasteiger partial charge in [-0.3, -0.25) is 9.59 Å². The van der Waals surface area contributed by atoms with Crippen LogP contribution >= 0.6 is 0 Å². The number of nitrogens with zero attached hydrogens (tertiary/aromatic N) is 1. The molecule has 1 heterocycles. The predicted molar refractivity (Wildman–Crippen MR) is 99.7 cm³/mol. The highest BCUT2D eigenvalue weighted by molar-refractivity contribution is 6.10. The summed E-state index contributed by atoms with van der Waals surface area (Å²) < 4.78 is 5.39.